The first-order valence-electron chi connectivity index (χ1n) is 7.90. The summed E-state index contributed by atoms with van der Waals surface area (Å²) in [7, 11) is 0. The number of carbonyl (C=O) groups excluding carboxylic acids is 1. The number of nitrogen functional groups attached to an aromatic ring is 1. The van der Waals surface area contributed by atoms with Crippen LogP contribution in [0.3, 0.4) is 0 Å². The Balaban J connectivity index is 1.72. The van der Waals surface area contributed by atoms with Gasteiger partial charge in [0.15, 0.2) is 6.10 Å². The summed E-state index contributed by atoms with van der Waals surface area (Å²) in [6.07, 6.45) is -0.372. The van der Waals surface area contributed by atoms with Crippen LogP contribution in [0.5, 0.6) is 0 Å². The summed E-state index contributed by atoms with van der Waals surface area (Å²) < 4.78 is 5.87. The van der Waals surface area contributed by atoms with E-state index in [1.807, 2.05) is 43.3 Å². The highest BCUT2D eigenvalue weighted by molar-refractivity contribution is 5.91. The highest BCUT2D eigenvalue weighted by Gasteiger charge is 2.31. The fourth-order valence-electron chi connectivity index (χ4n) is 3.21. The molecule has 0 spiro atoms. The number of aryl methyl sites for hydroxylation is 1. The first kappa shape index (κ1) is 14.5. The number of esters is 1. The predicted molar refractivity (Wildman–Crippen MR) is 94.7 cm³/mol. The summed E-state index contributed by atoms with van der Waals surface area (Å²) in [5.74, 6) is -0.338. The molecule has 2 N–H and O–H groups in total. The molecule has 24 heavy (non-hydrogen) atoms. The maximum Gasteiger partial charge on any atom is 0.339 e. The average Bonchev–Trinajstić information content (AvgIpc) is 2.92. The fourth-order valence-corrected chi connectivity index (χ4v) is 3.21. The Labute approximate surface area is 140 Å². The normalized spacial score (nSPS) is 12.5. The quantitative estimate of drug-likeness (QED) is 0.559. The zero-order valence-corrected chi connectivity index (χ0v) is 13.3. The van der Waals surface area contributed by atoms with Crippen LogP contribution in [0.4, 0.5) is 5.69 Å². The van der Waals surface area contributed by atoms with Gasteiger partial charge in [0.2, 0.25) is 0 Å². The van der Waals surface area contributed by atoms with E-state index >= 15 is 0 Å². The molecule has 0 unspecified atom stereocenters. The van der Waals surface area contributed by atoms with E-state index in [4.69, 9.17) is 10.5 Å². The smallest absolute Gasteiger partial charge is 0.339 e. The Morgan fingerprint density at radius 1 is 0.917 bits per heavy atom. The SMILES string of the molecule is Cc1cc(C(=O)OC2c3ccccc3-c3ccccc32)ccc1N. The molecule has 1 aliphatic carbocycles. The zero-order chi connectivity index (χ0) is 16.7. The molecule has 118 valence electrons. The van der Waals surface area contributed by atoms with Gasteiger partial charge < -0.3 is 10.5 Å². The second-order valence-corrected chi connectivity index (χ2v) is 6.03. The molecule has 0 amide bonds. The molecule has 0 atom stereocenters. The van der Waals surface area contributed by atoms with E-state index in [0.29, 0.717) is 11.3 Å². The van der Waals surface area contributed by atoms with E-state index in [2.05, 4.69) is 12.1 Å². The van der Waals surface area contributed by atoms with Gasteiger partial charge >= 0.3 is 5.97 Å². The number of benzene rings is 3. The molecule has 3 nitrogen and oxygen atoms in total. The fraction of sp³-hybridized carbons (Fsp3) is 0.0952. The van der Waals surface area contributed by atoms with E-state index in [9.17, 15) is 4.79 Å². The number of hydrogen-bond acceptors (Lipinski definition) is 3. The van der Waals surface area contributed by atoms with Gasteiger partial charge in [-0.25, -0.2) is 4.79 Å². The minimum absolute atomic E-state index is 0.338. The lowest BCUT2D eigenvalue weighted by Crippen LogP contribution is -2.11. The van der Waals surface area contributed by atoms with Crippen LogP contribution in [0.25, 0.3) is 11.1 Å². The lowest BCUT2D eigenvalue weighted by molar-refractivity contribution is 0.0385. The highest BCUT2D eigenvalue weighted by atomic mass is 16.5. The summed E-state index contributed by atoms with van der Waals surface area (Å²) in [6, 6.07) is 21.3. The second kappa shape index (κ2) is 5.53. The first-order valence-corrected chi connectivity index (χ1v) is 7.90. The Morgan fingerprint density at radius 2 is 1.50 bits per heavy atom. The number of fused-ring (bicyclic) bond motifs is 3. The Bertz CT molecular complexity index is 901. The molecular formula is C21H17NO2. The number of hydrogen-bond donors (Lipinski definition) is 1. The molecule has 3 aromatic carbocycles. The Morgan fingerprint density at radius 3 is 2.08 bits per heavy atom. The number of carbonyl (C=O) groups is 1. The third-order valence-corrected chi connectivity index (χ3v) is 4.51. The van der Waals surface area contributed by atoms with Crippen molar-refractivity contribution in [3.05, 3.63) is 89.0 Å². The summed E-state index contributed by atoms with van der Waals surface area (Å²) >= 11 is 0. The van der Waals surface area contributed by atoms with E-state index in [1.165, 1.54) is 0 Å². The molecule has 0 saturated carbocycles. The third-order valence-electron chi connectivity index (χ3n) is 4.51. The van der Waals surface area contributed by atoms with Crippen LogP contribution >= 0.6 is 0 Å². The van der Waals surface area contributed by atoms with E-state index < -0.39 is 0 Å². The molecule has 0 heterocycles. The standard InChI is InChI=1S/C21H17NO2/c1-13-12-14(10-11-19(13)22)21(23)24-20-17-8-4-2-6-15(17)16-7-3-5-9-18(16)20/h2-12,20H,22H2,1H3. The summed E-state index contributed by atoms with van der Waals surface area (Å²) in [5, 5.41) is 0. The van der Waals surface area contributed by atoms with Crippen LogP contribution in [-0.2, 0) is 4.74 Å². The largest absolute Gasteiger partial charge is 0.449 e. The molecule has 3 aromatic rings. The molecule has 0 bridgehead atoms. The Hall–Kier alpha value is -3.07. The van der Waals surface area contributed by atoms with Crippen molar-refractivity contribution in [1.82, 2.24) is 0 Å². The van der Waals surface area contributed by atoms with Crippen molar-refractivity contribution in [3.8, 4) is 11.1 Å². The molecule has 0 radical (unpaired) electrons. The van der Waals surface area contributed by atoms with Crippen LogP contribution < -0.4 is 5.73 Å². The number of rotatable bonds is 2. The van der Waals surface area contributed by atoms with Crippen molar-refractivity contribution in [3.63, 3.8) is 0 Å². The van der Waals surface area contributed by atoms with Crippen molar-refractivity contribution >= 4 is 11.7 Å². The summed E-state index contributed by atoms with van der Waals surface area (Å²) in [4.78, 5) is 12.6. The highest BCUT2D eigenvalue weighted by Crippen LogP contribution is 2.45. The van der Waals surface area contributed by atoms with Gasteiger partial charge in [-0.05, 0) is 41.8 Å². The van der Waals surface area contributed by atoms with Crippen molar-refractivity contribution in [2.45, 2.75) is 13.0 Å². The monoisotopic (exact) mass is 315 g/mol. The van der Waals surface area contributed by atoms with Crippen LogP contribution in [-0.4, -0.2) is 5.97 Å². The number of ether oxygens (including phenoxy) is 1. The molecule has 4 rings (SSSR count). The topological polar surface area (TPSA) is 52.3 Å². The zero-order valence-electron chi connectivity index (χ0n) is 13.3. The molecule has 0 fully saturated rings. The molecule has 0 aliphatic heterocycles. The van der Waals surface area contributed by atoms with Crippen molar-refractivity contribution in [2.75, 3.05) is 5.73 Å². The lowest BCUT2D eigenvalue weighted by Gasteiger charge is -2.15. The minimum Gasteiger partial charge on any atom is -0.449 e. The van der Waals surface area contributed by atoms with E-state index in [-0.39, 0.29) is 12.1 Å². The van der Waals surface area contributed by atoms with Gasteiger partial charge in [0.1, 0.15) is 0 Å². The molecule has 1 aliphatic rings. The van der Waals surface area contributed by atoms with Gasteiger partial charge in [-0.2, -0.15) is 0 Å². The lowest BCUT2D eigenvalue weighted by atomic mass is 10.1. The maximum absolute atomic E-state index is 12.6. The number of anilines is 1. The average molecular weight is 315 g/mol. The van der Waals surface area contributed by atoms with Crippen molar-refractivity contribution in [1.29, 1.82) is 0 Å². The van der Waals surface area contributed by atoms with Gasteiger partial charge in [0, 0.05) is 16.8 Å². The van der Waals surface area contributed by atoms with Gasteiger partial charge in [0.25, 0.3) is 0 Å². The molecular weight excluding hydrogens is 298 g/mol. The van der Waals surface area contributed by atoms with Crippen LogP contribution in [0.2, 0.25) is 0 Å². The van der Waals surface area contributed by atoms with Gasteiger partial charge in [-0.1, -0.05) is 48.5 Å². The molecule has 0 saturated heterocycles. The van der Waals surface area contributed by atoms with Crippen LogP contribution in [0.15, 0.2) is 66.7 Å². The van der Waals surface area contributed by atoms with E-state index in [1.54, 1.807) is 18.2 Å². The first-order chi connectivity index (χ1) is 11.6. The minimum atomic E-state index is -0.372. The second-order valence-electron chi connectivity index (χ2n) is 6.03. The number of nitrogens with two attached hydrogens (primary N) is 1. The van der Waals surface area contributed by atoms with E-state index in [0.717, 1.165) is 27.8 Å². The van der Waals surface area contributed by atoms with Crippen LogP contribution in [0, 0.1) is 6.92 Å². The Kier molecular flexibility index (Phi) is 3.35. The van der Waals surface area contributed by atoms with Crippen molar-refractivity contribution < 1.29 is 9.53 Å². The van der Waals surface area contributed by atoms with Gasteiger partial charge in [-0.15, -0.1) is 0 Å². The maximum atomic E-state index is 12.6. The third kappa shape index (κ3) is 2.26. The van der Waals surface area contributed by atoms with Gasteiger partial charge in [0.05, 0.1) is 5.56 Å². The summed E-state index contributed by atoms with van der Waals surface area (Å²) in [5.41, 5.74) is 12.2. The molecule has 3 heteroatoms. The predicted octanol–water partition coefficient (Wildman–Crippen LogP) is 4.50. The van der Waals surface area contributed by atoms with Crippen LogP contribution in [0.1, 0.15) is 33.2 Å². The summed E-state index contributed by atoms with van der Waals surface area (Å²) in [6.45, 7) is 1.88. The van der Waals surface area contributed by atoms with Crippen molar-refractivity contribution in [2.24, 2.45) is 0 Å². The molecule has 0 aromatic heterocycles. The van der Waals surface area contributed by atoms with Gasteiger partial charge in [-0.3, -0.25) is 0 Å².